The summed E-state index contributed by atoms with van der Waals surface area (Å²) in [6.45, 7) is 3.23. The monoisotopic (exact) mass is 337 g/mol. The number of hydrogen-bond donors (Lipinski definition) is 0. The van der Waals surface area contributed by atoms with Crippen molar-refractivity contribution in [3.05, 3.63) is 65.2 Å². The van der Waals surface area contributed by atoms with Gasteiger partial charge in [-0.2, -0.15) is 0 Å². The maximum Gasteiger partial charge on any atom is 0.253 e. The Morgan fingerprint density at radius 2 is 1.68 bits per heavy atom. The molecule has 0 N–H and O–H groups in total. The average Bonchev–Trinajstić information content (AvgIpc) is 2.67. The third-order valence-corrected chi connectivity index (χ3v) is 4.79. The molecule has 2 aromatic carbocycles. The lowest BCUT2D eigenvalue weighted by molar-refractivity contribution is 0.0650. The Balaban J connectivity index is 1.61. The molecule has 1 amide bonds. The molecule has 0 saturated carbocycles. The number of carbonyl (C=O) groups is 2. The minimum Gasteiger partial charge on any atom is -0.497 e. The van der Waals surface area contributed by atoms with Crippen molar-refractivity contribution in [2.75, 3.05) is 20.2 Å². The lowest BCUT2D eigenvalue weighted by atomic mass is 9.88. The predicted octanol–water partition coefficient (Wildman–Crippen LogP) is 3.74. The number of aryl methyl sites for hydroxylation is 1. The molecule has 130 valence electrons. The highest BCUT2D eigenvalue weighted by Gasteiger charge is 2.28. The fourth-order valence-electron chi connectivity index (χ4n) is 3.30. The van der Waals surface area contributed by atoms with Gasteiger partial charge < -0.3 is 9.64 Å². The summed E-state index contributed by atoms with van der Waals surface area (Å²) in [5.41, 5.74) is 2.51. The number of hydrogen-bond acceptors (Lipinski definition) is 3. The van der Waals surface area contributed by atoms with E-state index in [0.29, 0.717) is 31.5 Å². The topological polar surface area (TPSA) is 46.6 Å². The second-order valence-electron chi connectivity index (χ2n) is 6.53. The zero-order valence-electron chi connectivity index (χ0n) is 14.7. The number of amides is 1. The molecular weight excluding hydrogens is 314 g/mol. The number of methoxy groups -OCH3 is 1. The number of nitrogens with zero attached hydrogens (tertiary/aromatic N) is 1. The van der Waals surface area contributed by atoms with Crippen molar-refractivity contribution >= 4 is 11.7 Å². The molecule has 0 aromatic heterocycles. The zero-order chi connectivity index (χ0) is 17.8. The van der Waals surface area contributed by atoms with E-state index in [-0.39, 0.29) is 17.6 Å². The fraction of sp³-hybridized carbons (Fsp3) is 0.333. The van der Waals surface area contributed by atoms with Crippen LogP contribution < -0.4 is 4.74 Å². The van der Waals surface area contributed by atoms with Gasteiger partial charge in [-0.1, -0.05) is 17.7 Å². The molecule has 3 rings (SSSR count). The van der Waals surface area contributed by atoms with Gasteiger partial charge in [-0.05, 0) is 56.2 Å². The highest BCUT2D eigenvalue weighted by molar-refractivity contribution is 5.98. The Kier molecular flexibility index (Phi) is 5.17. The van der Waals surface area contributed by atoms with Crippen LogP contribution in [0.1, 0.15) is 39.1 Å². The van der Waals surface area contributed by atoms with Gasteiger partial charge in [0.25, 0.3) is 5.91 Å². The maximum absolute atomic E-state index is 12.6. The number of benzene rings is 2. The fourth-order valence-corrected chi connectivity index (χ4v) is 3.30. The molecule has 0 unspecified atom stereocenters. The molecular formula is C21H23NO3. The van der Waals surface area contributed by atoms with Gasteiger partial charge in [-0.3, -0.25) is 9.59 Å². The summed E-state index contributed by atoms with van der Waals surface area (Å²) in [5.74, 6) is 0.939. The quantitative estimate of drug-likeness (QED) is 0.799. The average molecular weight is 337 g/mol. The molecule has 25 heavy (non-hydrogen) atoms. The van der Waals surface area contributed by atoms with Crippen LogP contribution in [-0.2, 0) is 0 Å². The first kappa shape index (κ1) is 17.2. The van der Waals surface area contributed by atoms with E-state index < -0.39 is 0 Å². The third kappa shape index (κ3) is 3.90. The highest BCUT2D eigenvalue weighted by atomic mass is 16.5. The molecule has 4 heteroatoms. The number of carbonyl (C=O) groups excluding carboxylic acids is 2. The lowest BCUT2D eigenvalue weighted by Gasteiger charge is -2.31. The molecule has 4 nitrogen and oxygen atoms in total. The molecule has 1 aliphatic heterocycles. The van der Waals surface area contributed by atoms with E-state index in [0.717, 1.165) is 16.9 Å². The van der Waals surface area contributed by atoms with Gasteiger partial charge in [-0.25, -0.2) is 0 Å². The third-order valence-electron chi connectivity index (χ3n) is 4.79. The van der Waals surface area contributed by atoms with Crippen molar-refractivity contribution < 1.29 is 14.3 Å². The van der Waals surface area contributed by atoms with Crippen LogP contribution in [0.4, 0.5) is 0 Å². The maximum atomic E-state index is 12.6. The molecule has 1 fully saturated rings. The number of likely N-dealkylation sites (tertiary alicyclic amines) is 1. The van der Waals surface area contributed by atoms with Crippen molar-refractivity contribution in [2.24, 2.45) is 5.92 Å². The van der Waals surface area contributed by atoms with E-state index in [4.69, 9.17) is 4.74 Å². The minimum absolute atomic E-state index is 0.0186. The van der Waals surface area contributed by atoms with Gasteiger partial charge in [0, 0.05) is 30.1 Å². The number of Topliss-reactive ketones (excluding diaryl/α,β-unsaturated/α-hetero) is 1. The van der Waals surface area contributed by atoms with Crippen LogP contribution in [0, 0.1) is 12.8 Å². The molecule has 1 heterocycles. The van der Waals surface area contributed by atoms with Gasteiger partial charge in [0.1, 0.15) is 5.75 Å². The summed E-state index contributed by atoms with van der Waals surface area (Å²) in [4.78, 5) is 27.1. The van der Waals surface area contributed by atoms with Crippen molar-refractivity contribution in [3.8, 4) is 5.75 Å². The van der Waals surface area contributed by atoms with Crippen molar-refractivity contribution in [3.63, 3.8) is 0 Å². The molecule has 1 aliphatic rings. The van der Waals surface area contributed by atoms with Crippen molar-refractivity contribution in [2.45, 2.75) is 19.8 Å². The number of ketones is 1. The van der Waals surface area contributed by atoms with Gasteiger partial charge in [-0.15, -0.1) is 0 Å². The first-order chi connectivity index (χ1) is 12.1. The second kappa shape index (κ2) is 7.51. The Bertz CT molecular complexity index is 759. The summed E-state index contributed by atoms with van der Waals surface area (Å²) in [6.07, 6.45) is 1.42. The molecule has 1 saturated heterocycles. The molecule has 0 bridgehead atoms. The van der Waals surface area contributed by atoms with Gasteiger partial charge in [0.2, 0.25) is 0 Å². The van der Waals surface area contributed by atoms with Gasteiger partial charge >= 0.3 is 0 Å². The van der Waals surface area contributed by atoms with Crippen LogP contribution in [0.5, 0.6) is 5.75 Å². The minimum atomic E-state index is -0.0186. The van der Waals surface area contributed by atoms with E-state index in [9.17, 15) is 9.59 Å². The largest absolute Gasteiger partial charge is 0.497 e. The summed E-state index contributed by atoms with van der Waals surface area (Å²) < 4.78 is 5.13. The van der Waals surface area contributed by atoms with E-state index in [2.05, 4.69) is 0 Å². The molecule has 2 aromatic rings. The van der Waals surface area contributed by atoms with E-state index in [1.165, 1.54) is 0 Å². The van der Waals surface area contributed by atoms with Gasteiger partial charge in [0.05, 0.1) is 7.11 Å². The Morgan fingerprint density at radius 3 is 2.28 bits per heavy atom. The predicted molar refractivity (Wildman–Crippen MR) is 97.1 cm³/mol. The smallest absolute Gasteiger partial charge is 0.253 e. The Hall–Kier alpha value is -2.62. The van der Waals surface area contributed by atoms with Crippen LogP contribution in [0.3, 0.4) is 0 Å². The van der Waals surface area contributed by atoms with Gasteiger partial charge in [0.15, 0.2) is 5.78 Å². The molecule has 0 radical (unpaired) electrons. The Morgan fingerprint density at radius 1 is 1.00 bits per heavy atom. The normalized spacial score (nSPS) is 15.0. The highest BCUT2D eigenvalue weighted by Crippen LogP contribution is 2.24. The number of rotatable bonds is 4. The molecule has 0 spiro atoms. The standard InChI is InChI=1S/C21H23NO3/c1-15-4-3-5-18(14-15)21(24)22-12-10-17(11-13-22)20(23)16-6-8-19(25-2)9-7-16/h3-9,14,17H,10-13H2,1-2H3. The van der Waals surface area contributed by atoms with Crippen LogP contribution in [0.15, 0.2) is 48.5 Å². The van der Waals surface area contributed by atoms with E-state index in [1.54, 1.807) is 7.11 Å². The summed E-state index contributed by atoms with van der Waals surface area (Å²) in [7, 11) is 1.61. The number of piperidine rings is 1. The SMILES string of the molecule is COc1ccc(C(=O)C2CCN(C(=O)c3cccc(C)c3)CC2)cc1. The first-order valence-corrected chi connectivity index (χ1v) is 8.62. The van der Waals surface area contributed by atoms with E-state index in [1.807, 2.05) is 60.4 Å². The van der Waals surface area contributed by atoms with Crippen LogP contribution in [0.2, 0.25) is 0 Å². The summed E-state index contributed by atoms with van der Waals surface area (Å²) >= 11 is 0. The lowest BCUT2D eigenvalue weighted by Crippen LogP contribution is -2.40. The molecule has 0 atom stereocenters. The van der Waals surface area contributed by atoms with Crippen molar-refractivity contribution in [1.29, 1.82) is 0 Å². The first-order valence-electron chi connectivity index (χ1n) is 8.62. The van der Waals surface area contributed by atoms with Crippen molar-refractivity contribution in [1.82, 2.24) is 4.90 Å². The molecule has 0 aliphatic carbocycles. The number of ether oxygens (including phenoxy) is 1. The van der Waals surface area contributed by atoms with E-state index >= 15 is 0 Å². The summed E-state index contributed by atoms with van der Waals surface area (Å²) in [5, 5.41) is 0. The van der Waals surface area contributed by atoms with Crippen LogP contribution >= 0.6 is 0 Å². The summed E-state index contributed by atoms with van der Waals surface area (Å²) in [6, 6.07) is 14.9. The second-order valence-corrected chi connectivity index (χ2v) is 6.53. The van der Waals surface area contributed by atoms with Crippen LogP contribution in [-0.4, -0.2) is 36.8 Å². The van der Waals surface area contributed by atoms with Crippen LogP contribution in [0.25, 0.3) is 0 Å². The Labute approximate surface area is 148 Å². The zero-order valence-corrected chi connectivity index (χ0v) is 14.7.